The first-order valence-electron chi connectivity index (χ1n) is 21.0. The van der Waals surface area contributed by atoms with Crippen molar-refractivity contribution in [3.8, 4) is 46.0 Å². The third-order valence-corrected chi connectivity index (χ3v) is 11.6. The van der Waals surface area contributed by atoms with Crippen molar-refractivity contribution < 1.29 is 119 Å². The van der Waals surface area contributed by atoms with E-state index in [1.165, 1.54) is 57.6 Å². The van der Waals surface area contributed by atoms with Gasteiger partial charge in [-0.3, -0.25) is 0 Å². The van der Waals surface area contributed by atoms with Crippen LogP contribution in [0.1, 0.15) is 29.7 Å². The highest BCUT2D eigenvalue weighted by atomic mass is 16.7. The van der Waals surface area contributed by atoms with Crippen molar-refractivity contribution in [2.24, 2.45) is 0 Å². The SMILES string of the molecule is COc1ccc(/C=C/C(=O)O[C@@H]2[C@@H](O)[C@@H](O)[C@H](OC[C@H]3O[C@@H](OC4=Cc5c(O[C@@H]6O[C@H](CO)[C@@H](O)[C@H](O)[C@H]6O)cc(O)cc5[OH+]C4c4cc(O)c(O)c(OC)c4)[C@H](O)[C@@H](O)[C@@H]3O)O[C@@H]2C)cc1O. The second-order valence-corrected chi connectivity index (χ2v) is 16.2. The highest BCUT2D eigenvalue weighted by Gasteiger charge is 2.50. The summed E-state index contributed by atoms with van der Waals surface area (Å²) in [5, 5.41) is 138. The average molecular weight is 966 g/mol. The summed E-state index contributed by atoms with van der Waals surface area (Å²) in [5.41, 5.74) is 0.525. The molecule has 24 nitrogen and oxygen atoms in total. The molecule has 0 aromatic heterocycles. The molecule has 3 aromatic carbocycles. The Morgan fingerprint density at radius 1 is 0.691 bits per heavy atom. The van der Waals surface area contributed by atoms with E-state index < -0.39 is 135 Å². The summed E-state index contributed by atoms with van der Waals surface area (Å²) < 4.78 is 55.1. The minimum atomic E-state index is -1.99. The average Bonchev–Trinajstić information content (AvgIpc) is 3.31. The summed E-state index contributed by atoms with van der Waals surface area (Å²) >= 11 is 0. The smallest absolute Gasteiger partial charge is 0.331 e. The van der Waals surface area contributed by atoms with Crippen LogP contribution in [0.3, 0.4) is 0 Å². The highest BCUT2D eigenvalue weighted by Crippen LogP contribution is 2.49. The standard InChI is InChI=1S/C44H52O24/c1-16-40(68-30(49)7-5-17-4-6-23(59-2)21(47)8-17)36(55)39(58)42(62-16)61-15-29-33(52)35(54)38(57)44(67-29)65-27-13-20-24(63-41(27)18-9-22(48)31(50)26(10-18)60-3)11-19(46)12-25(20)64-43-37(56)34(53)32(51)28(14-45)66-43/h4-13,16,28-29,32-48,50-58H,14-15H2,1-3H3/p+1/b7-5+/t16-,28-,29-,32-,33-,34+,35+,36+,37-,38-,39-,40+,41?,42-,43-,44-/m1/s1. The normalized spacial score (nSPS) is 33.7. The molecule has 0 radical (unpaired) electrons. The number of benzene rings is 3. The van der Waals surface area contributed by atoms with E-state index in [9.17, 15) is 71.2 Å². The molecule has 3 saturated heterocycles. The van der Waals surface area contributed by atoms with Gasteiger partial charge >= 0.3 is 5.97 Å². The quantitative estimate of drug-likeness (QED) is 0.0359. The molecule has 1 unspecified atom stereocenters. The van der Waals surface area contributed by atoms with Crippen LogP contribution in [0.4, 0.5) is 0 Å². The predicted octanol–water partition coefficient (Wildman–Crippen LogP) is -2.03. The number of hydrogen-bond acceptors (Lipinski definition) is 23. The lowest BCUT2D eigenvalue weighted by Crippen LogP contribution is -2.61. The van der Waals surface area contributed by atoms with Crippen LogP contribution in [0.15, 0.2) is 54.3 Å². The topological polar surface area (TPSA) is 376 Å². The maximum Gasteiger partial charge on any atom is 0.331 e. The van der Waals surface area contributed by atoms with Gasteiger partial charge in [-0.25, -0.2) is 4.79 Å². The molecule has 4 aliphatic heterocycles. The van der Waals surface area contributed by atoms with E-state index >= 15 is 0 Å². The molecule has 0 saturated carbocycles. The van der Waals surface area contributed by atoms with E-state index in [1.54, 1.807) is 6.07 Å². The Labute approximate surface area is 385 Å². The number of rotatable bonds is 14. The number of fused-ring (bicyclic) bond motifs is 1. The number of ether oxygens (including phenoxy) is 10. The minimum Gasteiger partial charge on any atom is -0.571 e. The summed E-state index contributed by atoms with van der Waals surface area (Å²) in [6.07, 6.45) is -23.2. The molecule has 0 amide bonds. The molecule has 24 heteroatoms. The van der Waals surface area contributed by atoms with E-state index in [0.29, 0.717) is 5.56 Å². The number of aliphatic hydroxyl groups excluding tert-OH is 9. The largest absolute Gasteiger partial charge is 0.571 e. The van der Waals surface area contributed by atoms with Gasteiger partial charge in [0.15, 0.2) is 41.2 Å². The van der Waals surface area contributed by atoms with Gasteiger partial charge in [-0.05, 0) is 42.8 Å². The fourth-order valence-electron chi connectivity index (χ4n) is 7.86. The Kier molecular flexibility index (Phi) is 15.4. The van der Waals surface area contributed by atoms with Gasteiger partial charge in [0, 0.05) is 18.2 Å². The number of aromatic hydroxyl groups is 5. The number of carbonyl (C=O) groups is 1. The van der Waals surface area contributed by atoms with Crippen molar-refractivity contribution in [1.82, 2.24) is 0 Å². The maximum atomic E-state index is 12.7. The molecule has 372 valence electrons. The zero-order valence-corrected chi connectivity index (χ0v) is 36.3. The van der Waals surface area contributed by atoms with Crippen LogP contribution >= 0.6 is 0 Å². The van der Waals surface area contributed by atoms with Crippen molar-refractivity contribution in [1.29, 1.82) is 0 Å². The molecule has 3 aromatic rings. The van der Waals surface area contributed by atoms with E-state index in [4.69, 9.17) is 42.6 Å². The van der Waals surface area contributed by atoms with Crippen molar-refractivity contribution >= 4 is 18.1 Å². The lowest BCUT2D eigenvalue weighted by atomic mass is 9.97. The van der Waals surface area contributed by atoms with Gasteiger partial charge in [-0.1, -0.05) is 6.07 Å². The van der Waals surface area contributed by atoms with E-state index in [2.05, 4.69) is 4.74 Å². The summed E-state index contributed by atoms with van der Waals surface area (Å²) in [5.74, 6) is -3.27. The van der Waals surface area contributed by atoms with Gasteiger partial charge in [0.05, 0.1) is 45.2 Å². The summed E-state index contributed by atoms with van der Waals surface area (Å²) in [6.45, 7) is -0.0281. The Morgan fingerprint density at radius 3 is 2.00 bits per heavy atom. The number of aliphatic hydroxyl groups is 10. The van der Waals surface area contributed by atoms with Gasteiger partial charge in [0.1, 0.15) is 78.1 Å². The zero-order chi connectivity index (χ0) is 49.3. The first-order valence-corrected chi connectivity index (χ1v) is 21.0. The van der Waals surface area contributed by atoms with Crippen molar-refractivity contribution in [2.75, 3.05) is 27.4 Å². The van der Waals surface area contributed by atoms with Gasteiger partial charge in [-0.2, -0.15) is 0 Å². The molecule has 0 bridgehead atoms. The highest BCUT2D eigenvalue weighted by molar-refractivity contribution is 5.87. The van der Waals surface area contributed by atoms with Gasteiger partial charge in [0.2, 0.25) is 18.3 Å². The van der Waals surface area contributed by atoms with Gasteiger partial charge in [-0.15, -0.1) is 0 Å². The van der Waals surface area contributed by atoms with Gasteiger partial charge in [0.25, 0.3) is 11.9 Å². The number of hydrogen-bond donors (Lipinski definition) is 13. The van der Waals surface area contributed by atoms with Crippen LogP contribution < -0.4 is 14.2 Å². The second-order valence-electron chi connectivity index (χ2n) is 16.2. The Balaban J connectivity index is 1.09. The molecule has 0 spiro atoms. The molecule has 16 atom stereocenters. The third kappa shape index (κ3) is 10.3. The van der Waals surface area contributed by atoms with Crippen LogP contribution in [0.25, 0.3) is 12.2 Å². The van der Waals surface area contributed by atoms with Crippen LogP contribution in [-0.4, -0.2) is 197 Å². The maximum absolute atomic E-state index is 12.7. The Bertz CT molecular complexity index is 2320. The van der Waals surface area contributed by atoms with Crippen molar-refractivity contribution in [3.63, 3.8) is 0 Å². The second kappa shape index (κ2) is 20.9. The Hall–Kier alpha value is -5.71. The summed E-state index contributed by atoms with van der Waals surface area (Å²) in [6, 6.07) is 9.06. The molecule has 68 heavy (non-hydrogen) atoms. The monoisotopic (exact) mass is 965 g/mol. The fourth-order valence-corrected chi connectivity index (χ4v) is 7.86. The molecular formula is C44H53O24+. The summed E-state index contributed by atoms with van der Waals surface area (Å²) in [7, 11) is 2.59. The molecule has 0 aliphatic carbocycles. The van der Waals surface area contributed by atoms with Crippen LogP contribution in [0.5, 0.6) is 46.0 Å². The first kappa shape index (κ1) is 50.2. The third-order valence-electron chi connectivity index (χ3n) is 11.6. The number of methoxy groups -OCH3 is 2. The number of esters is 1. The van der Waals surface area contributed by atoms with E-state index in [0.717, 1.165) is 18.2 Å². The molecule has 4 heterocycles. The lowest BCUT2D eigenvalue weighted by molar-refractivity contribution is -0.325. The molecule has 3 fully saturated rings. The molecule has 7 rings (SSSR count). The van der Waals surface area contributed by atoms with Crippen molar-refractivity contribution in [3.05, 3.63) is 71.0 Å². The number of phenols is 4. The predicted molar refractivity (Wildman–Crippen MR) is 225 cm³/mol. The van der Waals surface area contributed by atoms with Crippen LogP contribution in [0.2, 0.25) is 0 Å². The number of carbonyl (C=O) groups excluding carboxylic acids is 1. The lowest BCUT2D eigenvalue weighted by Gasteiger charge is -2.43. The molecule has 4 aliphatic rings. The van der Waals surface area contributed by atoms with E-state index in [1.807, 2.05) is 0 Å². The van der Waals surface area contributed by atoms with Crippen LogP contribution in [0, 0.1) is 0 Å². The summed E-state index contributed by atoms with van der Waals surface area (Å²) in [4.78, 5) is 12.7. The van der Waals surface area contributed by atoms with Gasteiger partial charge < -0.3 is 114 Å². The molecule has 14 N–H and O–H groups in total. The van der Waals surface area contributed by atoms with Crippen LogP contribution in [-0.2, 0) is 33.2 Å². The number of phenolic OH excluding ortho intramolecular Hbond substituents is 4. The fraction of sp³-hybridized carbons (Fsp3) is 0.477. The molecular weight excluding hydrogens is 912 g/mol. The van der Waals surface area contributed by atoms with Crippen molar-refractivity contribution in [2.45, 2.75) is 105 Å². The minimum absolute atomic E-state index is 0.00838. The first-order chi connectivity index (χ1) is 32.3. The van der Waals surface area contributed by atoms with E-state index in [-0.39, 0.29) is 45.6 Å². The Morgan fingerprint density at radius 2 is 1.34 bits per heavy atom. The zero-order valence-electron chi connectivity index (χ0n) is 36.3.